The Morgan fingerprint density at radius 2 is 2.24 bits per heavy atom. The fraction of sp³-hybridized carbons (Fsp3) is 0.750. The first-order chi connectivity index (χ1) is 9.84. The minimum absolute atomic E-state index is 0.0411. The Bertz CT molecular complexity index is 518. The Morgan fingerprint density at radius 1 is 1.48 bits per heavy atom. The van der Waals surface area contributed by atoms with Gasteiger partial charge in [0.05, 0.1) is 10.4 Å². The quantitative estimate of drug-likeness (QED) is 0.921. The number of thiophene rings is 1. The summed E-state index contributed by atoms with van der Waals surface area (Å²) in [6, 6.07) is 4.07. The van der Waals surface area contributed by atoms with Crippen molar-refractivity contribution in [1.29, 1.82) is 0 Å². The predicted octanol–water partition coefficient (Wildman–Crippen LogP) is 3.37. The summed E-state index contributed by atoms with van der Waals surface area (Å²) in [5.41, 5.74) is 6.73. The molecule has 3 rings (SSSR count). The molecular formula is C16H25ClN2OS. The van der Waals surface area contributed by atoms with E-state index in [-0.39, 0.29) is 11.0 Å². The molecule has 1 aliphatic carbocycles. The normalized spacial score (nSPS) is 34.6. The van der Waals surface area contributed by atoms with E-state index in [0.29, 0.717) is 12.0 Å². The topological polar surface area (TPSA) is 38.5 Å². The summed E-state index contributed by atoms with van der Waals surface area (Å²) < 4.78 is 6.83. The Kier molecular flexibility index (Phi) is 4.13. The number of ether oxygens (including phenoxy) is 1. The number of rotatable bonds is 4. The van der Waals surface area contributed by atoms with Gasteiger partial charge in [0.2, 0.25) is 0 Å². The second-order valence-corrected chi connectivity index (χ2v) is 8.98. The number of fused-ring (bicyclic) bond motifs is 1. The van der Waals surface area contributed by atoms with Gasteiger partial charge in [0.25, 0.3) is 0 Å². The van der Waals surface area contributed by atoms with Gasteiger partial charge >= 0.3 is 0 Å². The summed E-state index contributed by atoms with van der Waals surface area (Å²) in [6.45, 7) is 7.22. The zero-order valence-electron chi connectivity index (χ0n) is 13.1. The average Bonchev–Trinajstić information content (AvgIpc) is 2.83. The third-order valence-corrected chi connectivity index (χ3v) is 6.70. The molecule has 3 nitrogen and oxygen atoms in total. The van der Waals surface area contributed by atoms with Gasteiger partial charge in [0, 0.05) is 41.4 Å². The van der Waals surface area contributed by atoms with Crippen molar-refractivity contribution in [2.24, 2.45) is 17.1 Å². The molecule has 2 heterocycles. The van der Waals surface area contributed by atoms with Crippen molar-refractivity contribution in [3.05, 3.63) is 21.3 Å². The zero-order chi connectivity index (χ0) is 15.3. The Labute approximate surface area is 136 Å². The molecule has 0 radical (unpaired) electrons. The Hall–Kier alpha value is -0.130. The van der Waals surface area contributed by atoms with Gasteiger partial charge in [0.15, 0.2) is 0 Å². The van der Waals surface area contributed by atoms with Gasteiger partial charge in [-0.05, 0) is 32.0 Å². The van der Waals surface area contributed by atoms with Crippen LogP contribution in [-0.4, -0.2) is 36.7 Å². The van der Waals surface area contributed by atoms with Gasteiger partial charge in [-0.15, -0.1) is 11.3 Å². The fourth-order valence-corrected chi connectivity index (χ4v) is 5.36. The second kappa shape index (κ2) is 5.50. The van der Waals surface area contributed by atoms with Gasteiger partial charge in [-0.2, -0.15) is 0 Å². The minimum Gasteiger partial charge on any atom is -0.377 e. The van der Waals surface area contributed by atoms with Gasteiger partial charge in [0.1, 0.15) is 0 Å². The van der Waals surface area contributed by atoms with Crippen LogP contribution in [0.5, 0.6) is 0 Å². The molecule has 0 bridgehead atoms. The van der Waals surface area contributed by atoms with Crippen molar-refractivity contribution in [3.8, 4) is 0 Å². The standard InChI is InChI=1S/C16H25ClN2OS/c1-15(2)14-12(5-4-8-20-14)16(15,18)10-19(3)9-11-6-7-13(17)21-11/h6-7,12,14H,4-5,8-10,18H2,1-3H3. The molecule has 1 saturated carbocycles. The maximum atomic E-state index is 6.85. The highest BCUT2D eigenvalue weighted by molar-refractivity contribution is 7.16. The van der Waals surface area contributed by atoms with Crippen molar-refractivity contribution in [2.45, 2.75) is 44.9 Å². The predicted molar refractivity (Wildman–Crippen MR) is 88.8 cm³/mol. The number of likely N-dealkylation sites (N-methyl/N-ethyl adjacent to an activating group) is 1. The van der Waals surface area contributed by atoms with E-state index in [2.05, 4.69) is 31.9 Å². The van der Waals surface area contributed by atoms with Crippen LogP contribution >= 0.6 is 22.9 Å². The summed E-state index contributed by atoms with van der Waals surface area (Å²) in [6.07, 6.45) is 2.67. The van der Waals surface area contributed by atoms with Crippen LogP contribution in [0.15, 0.2) is 12.1 Å². The van der Waals surface area contributed by atoms with E-state index >= 15 is 0 Å². The molecule has 3 atom stereocenters. The maximum Gasteiger partial charge on any atom is 0.0931 e. The molecule has 2 fully saturated rings. The number of nitrogens with zero attached hydrogens (tertiary/aromatic N) is 1. The first kappa shape index (κ1) is 15.8. The fourth-order valence-electron chi connectivity index (χ4n) is 4.19. The number of hydrogen-bond donors (Lipinski definition) is 1. The van der Waals surface area contributed by atoms with Crippen LogP contribution in [0, 0.1) is 11.3 Å². The molecule has 3 unspecified atom stereocenters. The number of hydrogen-bond acceptors (Lipinski definition) is 4. The van der Waals surface area contributed by atoms with Gasteiger partial charge in [-0.1, -0.05) is 25.4 Å². The molecule has 0 spiro atoms. The minimum atomic E-state index is -0.159. The van der Waals surface area contributed by atoms with Crippen molar-refractivity contribution in [1.82, 2.24) is 4.90 Å². The van der Waals surface area contributed by atoms with Crippen molar-refractivity contribution in [2.75, 3.05) is 20.2 Å². The van der Waals surface area contributed by atoms with Crippen molar-refractivity contribution in [3.63, 3.8) is 0 Å². The van der Waals surface area contributed by atoms with E-state index in [1.165, 1.54) is 11.3 Å². The second-order valence-electron chi connectivity index (χ2n) is 7.18. The molecule has 1 aromatic rings. The summed E-state index contributed by atoms with van der Waals surface area (Å²) in [5, 5.41) is 0. The lowest BCUT2D eigenvalue weighted by Crippen LogP contribution is -2.80. The van der Waals surface area contributed by atoms with Crippen molar-refractivity contribution < 1.29 is 4.74 Å². The van der Waals surface area contributed by atoms with Crippen LogP contribution in [-0.2, 0) is 11.3 Å². The Balaban J connectivity index is 1.68. The largest absolute Gasteiger partial charge is 0.377 e. The lowest BCUT2D eigenvalue weighted by Gasteiger charge is -2.67. The molecule has 0 aromatic carbocycles. The molecule has 2 N–H and O–H groups in total. The SMILES string of the molecule is CN(Cc1ccc(Cl)s1)CC1(N)C2CCCOC2C1(C)C. The van der Waals surface area contributed by atoms with E-state index in [1.54, 1.807) is 11.3 Å². The Morgan fingerprint density at radius 3 is 2.90 bits per heavy atom. The first-order valence-electron chi connectivity index (χ1n) is 7.68. The van der Waals surface area contributed by atoms with E-state index < -0.39 is 0 Å². The van der Waals surface area contributed by atoms with E-state index in [9.17, 15) is 0 Å². The lowest BCUT2D eigenvalue weighted by atomic mass is 9.46. The van der Waals surface area contributed by atoms with E-state index in [1.807, 2.05) is 6.07 Å². The number of halogens is 1. The van der Waals surface area contributed by atoms with Crippen LogP contribution in [0.2, 0.25) is 4.34 Å². The summed E-state index contributed by atoms with van der Waals surface area (Å²) in [7, 11) is 2.15. The van der Waals surface area contributed by atoms with Gasteiger partial charge in [-0.25, -0.2) is 0 Å². The van der Waals surface area contributed by atoms with Crippen LogP contribution in [0.4, 0.5) is 0 Å². The molecule has 21 heavy (non-hydrogen) atoms. The van der Waals surface area contributed by atoms with Crippen LogP contribution in [0.25, 0.3) is 0 Å². The molecular weight excluding hydrogens is 304 g/mol. The highest BCUT2D eigenvalue weighted by Crippen LogP contribution is 2.57. The third kappa shape index (κ3) is 2.55. The average molecular weight is 329 g/mol. The highest BCUT2D eigenvalue weighted by Gasteiger charge is 2.66. The third-order valence-electron chi connectivity index (χ3n) is 5.48. The van der Waals surface area contributed by atoms with Gasteiger partial charge in [-0.3, -0.25) is 4.90 Å². The summed E-state index contributed by atoms with van der Waals surface area (Å²) >= 11 is 7.66. The lowest BCUT2D eigenvalue weighted by molar-refractivity contribution is -0.231. The van der Waals surface area contributed by atoms with Crippen LogP contribution < -0.4 is 5.73 Å². The molecule has 118 valence electrons. The smallest absolute Gasteiger partial charge is 0.0931 e. The molecule has 1 aliphatic heterocycles. The molecule has 1 saturated heterocycles. The summed E-state index contributed by atoms with van der Waals surface area (Å²) in [4.78, 5) is 3.62. The summed E-state index contributed by atoms with van der Waals surface area (Å²) in [5.74, 6) is 0.496. The first-order valence-corrected chi connectivity index (χ1v) is 8.87. The molecule has 5 heteroatoms. The monoisotopic (exact) mass is 328 g/mol. The van der Waals surface area contributed by atoms with E-state index in [4.69, 9.17) is 22.1 Å². The molecule has 1 aromatic heterocycles. The molecule has 2 aliphatic rings. The van der Waals surface area contributed by atoms with Crippen LogP contribution in [0.1, 0.15) is 31.6 Å². The van der Waals surface area contributed by atoms with Crippen molar-refractivity contribution >= 4 is 22.9 Å². The van der Waals surface area contributed by atoms with Crippen LogP contribution in [0.3, 0.4) is 0 Å². The molecule has 0 amide bonds. The maximum absolute atomic E-state index is 6.85. The zero-order valence-corrected chi connectivity index (χ0v) is 14.6. The van der Waals surface area contributed by atoms with E-state index in [0.717, 1.165) is 30.5 Å². The van der Waals surface area contributed by atoms with Gasteiger partial charge < -0.3 is 10.5 Å². The highest BCUT2D eigenvalue weighted by atomic mass is 35.5. The number of nitrogens with two attached hydrogens (primary N) is 1.